The van der Waals surface area contributed by atoms with Crippen LogP contribution in [0.1, 0.15) is 28.5 Å². The molecule has 0 atom stereocenters. The number of pyridine rings is 1. The average molecular weight is 366 g/mol. The molecule has 0 aliphatic heterocycles. The smallest absolute Gasteiger partial charge is 0.274 e. The molecule has 0 bridgehead atoms. The van der Waals surface area contributed by atoms with E-state index in [2.05, 4.69) is 22.5 Å². The molecule has 3 rings (SSSR count). The number of halogens is 1. The van der Waals surface area contributed by atoms with Crippen LogP contribution in [0.15, 0.2) is 66.9 Å². The number of hydrogen-bond acceptors (Lipinski definition) is 3. The molecule has 1 aromatic heterocycles. The summed E-state index contributed by atoms with van der Waals surface area (Å²) in [5, 5.41) is 6.88. The van der Waals surface area contributed by atoms with Gasteiger partial charge in [-0.2, -0.15) is 0 Å². The molecule has 0 radical (unpaired) electrons. The summed E-state index contributed by atoms with van der Waals surface area (Å²) >= 11 is 5.89. The third-order valence-electron chi connectivity index (χ3n) is 4.02. The summed E-state index contributed by atoms with van der Waals surface area (Å²) < 4.78 is 0. The van der Waals surface area contributed by atoms with Crippen LogP contribution in [0.2, 0.25) is 5.02 Å². The number of carbonyl (C=O) groups excluding carboxylic acids is 1. The Morgan fingerprint density at radius 3 is 2.35 bits per heavy atom. The number of nitrogens with zero attached hydrogens (tertiary/aromatic N) is 1. The molecule has 3 aromatic rings. The van der Waals surface area contributed by atoms with E-state index in [0.29, 0.717) is 17.3 Å². The maximum Gasteiger partial charge on any atom is 0.274 e. The number of nitrogens with one attached hydrogen (secondary N) is 2. The molecule has 0 spiro atoms. The van der Waals surface area contributed by atoms with Gasteiger partial charge in [-0.05, 0) is 53.9 Å². The SMILES string of the molecule is CCc1ccc(NC(=O)c2cc(NCc3ccc(Cl)cc3)ccn2)cc1. The number of carbonyl (C=O) groups is 1. The van der Waals surface area contributed by atoms with Crippen molar-refractivity contribution in [1.82, 2.24) is 4.98 Å². The first-order chi connectivity index (χ1) is 12.6. The third-order valence-corrected chi connectivity index (χ3v) is 4.27. The van der Waals surface area contributed by atoms with Gasteiger partial charge in [0.25, 0.3) is 5.91 Å². The van der Waals surface area contributed by atoms with E-state index in [1.165, 1.54) is 5.56 Å². The van der Waals surface area contributed by atoms with Gasteiger partial charge < -0.3 is 10.6 Å². The monoisotopic (exact) mass is 365 g/mol. The quantitative estimate of drug-likeness (QED) is 0.634. The van der Waals surface area contributed by atoms with Crippen molar-refractivity contribution < 1.29 is 4.79 Å². The lowest BCUT2D eigenvalue weighted by Gasteiger charge is -2.09. The molecule has 0 aliphatic rings. The molecular weight excluding hydrogens is 346 g/mol. The Morgan fingerprint density at radius 1 is 0.962 bits per heavy atom. The molecule has 0 saturated carbocycles. The van der Waals surface area contributed by atoms with Crippen LogP contribution in [0.4, 0.5) is 11.4 Å². The summed E-state index contributed by atoms with van der Waals surface area (Å²) in [6.07, 6.45) is 2.59. The first-order valence-corrected chi connectivity index (χ1v) is 8.86. The molecular formula is C21H20ClN3O. The van der Waals surface area contributed by atoms with Crippen molar-refractivity contribution in [2.75, 3.05) is 10.6 Å². The summed E-state index contributed by atoms with van der Waals surface area (Å²) in [5.74, 6) is -0.232. The summed E-state index contributed by atoms with van der Waals surface area (Å²) in [7, 11) is 0. The molecule has 0 fully saturated rings. The Bertz CT molecular complexity index is 877. The van der Waals surface area contributed by atoms with Gasteiger partial charge >= 0.3 is 0 Å². The predicted molar refractivity (Wildman–Crippen MR) is 107 cm³/mol. The zero-order valence-corrected chi connectivity index (χ0v) is 15.3. The number of aryl methyl sites for hydroxylation is 1. The van der Waals surface area contributed by atoms with E-state index < -0.39 is 0 Å². The van der Waals surface area contributed by atoms with E-state index in [-0.39, 0.29) is 5.91 Å². The highest BCUT2D eigenvalue weighted by Gasteiger charge is 2.08. The normalized spacial score (nSPS) is 10.4. The fourth-order valence-electron chi connectivity index (χ4n) is 2.49. The van der Waals surface area contributed by atoms with Gasteiger partial charge in [0, 0.05) is 29.1 Å². The van der Waals surface area contributed by atoms with Crippen LogP contribution in [0.3, 0.4) is 0 Å². The van der Waals surface area contributed by atoms with Crippen molar-refractivity contribution in [2.45, 2.75) is 19.9 Å². The van der Waals surface area contributed by atoms with Gasteiger partial charge in [-0.25, -0.2) is 0 Å². The van der Waals surface area contributed by atoms with Crippen molar-refractivity contribution in [3.05, 3.63) is 88.7 Å². The second kappa shape index (κ2) is 8.50. The molecule has 0 aliphatic carbocycles. The molecule has 0 saturated heterocycles. The van der Waals surface area contributed by atoms with Crippen LogP contribution in [0.5, 0.6) is 0 Å². The summed E-state index contributed by atoms with van der Waals surface area (Å²) in [4.78, 5) is 16.6. The molecule has 4 nitrogen and oxygen atoms in total. The summed E-state index contributed by atoms with van der Waals surface area (Å²) in [5.41, 5.74) is 4.29. The van der Waals surface area contributed by atoms with Gasteiger partial charge in [-0.1, -0.05) is 42.8 Å². The van der Waals surface area contributed by atoms with E-state index in [0.717, 1.165) is 23.4 Å². The number of amides is 1. The molecule has 26 heavy (non-hydrogen) atoms. The summed E-state index contributed by atoms with van der Waals surface area (Å²) in [6, 6.07) is 19.0. The van der Waals surface area contributed by atoms with Gasteiger partial charge in [0.05, 0.1) is 0 Å². The van der Waals surface area contributed by atoms with E-state index in [4.69, 9.17) is 11.6 Å². The number of hydrogen-bond donors (Lipinski definition) is 2. The van der Waals surface area contributed by atoms with Gasteiger partial charge in [-0.3, -0.25) is 9.78 Å². The third kappa shape index (κ3) is 4.83. The van der Waals surface area contributed by atoms with Crippen molar-refractivity contribution in [3.63, 3.8) is 0 Å². The minimum Gasteiger partial charge on any atom is -0.381 e. The summed E-state index contributed by atoms with van der Waals surface area (Å²) in [6.45, 7) is 2.74. The molecule has 2 N–H and O–H groups in total. The minimum absolute atomic E-state index is 0.232. The van der Waals surface area contributed by atoms with E-state index in [1.54, 1.807) is 12.3 Å². The van der Waals surface area contributed by atoms with Crippen LogP contribution in [-0.4, -0.2) is 10.9 Å². The van der Waals surface area contributed by atoms with Crippen LogP contribution in [0.25, 0.3) is 0 Å². The number of aromatic nitrogens is 1. The lowest BCUT2D eigenvalue weighted by molar-refractivity contribution is 0.102. The fraction of sp³-hybridized carbons (Fsp3) is 0.143. The molecule has 132 valence electrons. The molecule has 2 aromatic carbocycles. The molecule has 5 heteroatoms. The van der Waals surface area contributed by atoms with Crippen molar-refractivity contribution >= 4 is 28.9 Å². The Balaban J connectivity index is 1.63. The molecule has 0 unspecified atom stereocenters. The standard InChI is InChI=1S/C21H20ClN3O/c1-2-15-5-9-18(10-6-15)25-21(26)20-13-19(11-12-23-20)24-14-16-3-7-17(22)8-4-16/h3-13H,2,14H2,1H3,(H,23,24)(H,25,26). The lowest BCUT2D eigenvalue weighted by Crippen LogP contribution is -2.14. The second-order valence-electron chi connectivity index (χ2n) is 5.91. The Kier molecular flexibility index (Phi) is 5.87. The number of rotatable bonds is 6. The Morgan fingerprint density at radius 2 is 1.65 bits per heavy atom. The highest BCUT2D eigenvalue weighted by molar-refractivity contribution is 6.30. The van der Waals surface area contributed by atoms with Gasteiger partial charge in [0.15, 0.2) is 0 Å². The zero-order valence-electron chi connectivity index (χ0n) is 14.5. The van der Waals surface area contributed by atoms with Crippen LogP contribution in [0, 0.1) is 0 Å². The van der Waals surface area contributed by atoms with Crippen molar-refractivity contribution in [3.8, 4) is 0 Å². The van der Waals surface area contributed by atoms with Crippen molar-refractivity contribution in [1.29, 1.82) is 0 Å². The van der Waals surface area contributed by atoms with E-state index in [9.17, 15) is 4.79 Å². The lowest BCUT2D eigenvalue weighted by atomic mass is 10.1. The fourth-order valence-corrected chi connectivity index (χ4v) is 2.62. The highest BCUT2D eigenvalue weighted by Crippen LogP contribution is 2.15. The van der Waals surface area contributed by atoms with Gasteiger partial charge in [0.2, 0.25) is 0 Å². The first-order valence-electron chi connectivity index (χ1n) is 8.48. The van der Waals surface area contributed by atoms with E-state index in [1.807, 2.05) is 54.6 Å². The predicted octanol–water partition coefficient (Wildman–Crippen LogP) is 5.16. The van der Waals surface area contributed by atoms with Gasteiger partial charge in [-0.15, -0.1) is 0 Å². The van der Waals surface area contributed by atoms with Gasteiger partial charge in [0.1, 0.15) is 5.69 Å². The first kappa shape index (κ1) is 18.0. The Labute approximate surface area is 158 Å². The molecule has 1 amide bonds. The van der Waals surface area contributed by atoms with Crippen LogP contribution >= 0.6 is 11.6 Å². The van der Waals surface area contributed by atoms with Crippen molar-refractivity contribution in [2.24, 2.45) is 0 Å². The maximum absolute atomic E-state index is 12.4. The van der Waals surface area contributed by atoms with Crippen LogP contribution in [-0.2, 0) is 13.0 Å². The van der Waals surface area contributed by atoms with E-state index >= 15 is 0 Å². The maximum atomic E-state index is 12.4. The minimum atomic E-state index is -0.232. The highest BCUT2D eigenvalue weighted by atomic mass is 35.5. The largest absolute Gasteiger partial charge is 0.381 e. The second-order valence-corrected chi connectivity index (χ2v) is 6.35. The number of anilines is 2. The number of benzene rings is 2. The zero-order chi connectivity index (χ0) is 18.4. The molecule has 1 heterocycles. The van der Waals surface area contributed by atoms with Crippen LogP contribution < -0.4 is 10.6 Å². The average Bonchev–Trinajstić information content (AvgIpc) is 2.68. The topological polar surface area (TPSA) is 54.0 Å². The Hall–Kier alpha value is -2.85.